The Kier molecular flexibility index (Phi) is 6.73. The van der Waals surface area contributed by atoms with Crippen LogP contribution in [0.4, 0.5) is 0 Å². The third-order valence-corrected chi connectivity index (χ3v) is 4.16. The third-order valence-electron chi connectivity index (χ3n) is 3.91. The van der Waals surface area contributed by atoms with E-state index in [1.165, 1.54) is 9.80 Å². The zero-order valence-electron chi connectivity index (χ0n) is 12.2. The summed E-state index contributed by atoms with van der Waals surface area (Å²) < 4.78 is 5.56. The van der Waals surface area contributed by atoms with Gasteiger partial charge in [-0.1, -0.05) is 11.6 Å². The average Bonchev–Trinajstić information content (AvgIpc) is 2.49. The van der Waals surface area contributed by atoms with Gasteiger partial charge < -0.3 is 24.7 Å². The van der Waals surface area contributed by atoms with Crippen LogP contribution in [0.25, 0.3) is 0 Å². The zero-order valence-corrected chi connectivity index (χ0v) is 13.0. The van der Waals surface area contributed by atoms with Gasteiger partial charge >= 0.3 is 0 Å². The van der Waals surface area contributed by atoms with Crippen molar-refractivity contribution in [1.82, 2.24) is 0 Å². The average molecular weight is 317 g/mol. The third kappa shape index (κ3) is 5.80. The number of nitrogens with one attached hydrogen (secondary N) is 2. The highest BCUT2D eigenvalue weighted by Gasteiger charge is 2.24. The molecule has 1 heterocycles. The van der Waals surface area contributed by atoms with Crippen LogP contribution in [0.1, 0.15) is 0 Å². The van der Waals surface area contributed by atoms with Crippen molar-refractivity contribution in [3.8, 4) is 5.75 Å². The van der Waals surface area contributed by atoms with Gasteiger partial charge in [-0.2, -0.15) is 0 Å². The minimum Gasteiger partial charge on any atom is -0.491 e. The van der Waals surface area contributed by atoms with Crippen LogP contribution < -0.4 is 14.5 Å². The Morgan fingerprint density at radius 3 is 2.33 bits per heavy atom. The molecule has 1 aromatic rings. The first-order valence-corrected chi connectivity index (χ1v) is 7.89. The van der Waals surface area contributed by atoms with E-state index in [0.29, 0.717) is 18.2 Å². The van der Waals surface area contributed by atoms with E-state index in [-0.39, 0.29) is 6.61 Å². The quantitative estimate of drug-likeness (QED) is 0.464. The molecule has 1 aliphatic rings. The number of ether oxygens (including phenoxy) is 1. The van der Waals surface area contributed by atoms with Crippen molar-refractivity contribution in [3.05, 3.63) is 29.3 Å². The van der Waals surface area contributed by atoms with Crippen molar-refractivity contribution in [3.63, 3.8) is 0 Å². The SMILES string of the molecule is OCC[NH+]1CC[NH+](C[C@H](O)COc2ccc(Cl)cc2)CC1. The summed E-state index contributed by atoms with van der Waals surface area (Å²) >= 11 is 5.81. The molecule has 0 spiro atoms. The maximum atomic E-state index is 10.1. The molecule has 4 N–H and O–H groups in total. The monoisotopic (exact) mass is 316 g/mol. The molecule has 0 unspecified atom stereocenters. The Hall–Kier alpha value is -0.850. The molecule has 0 aliphatic carbocycles. The fourth-order valence-corrected chi connectivity index (χ4v) is 2.81. The standard InChI is InChI=1S/C15H23ClN2O3/c16-13-1-3-15(4-2-13)21-12-14(20)11-18-7-5-17(6-8-18)9-10-19/h1-4,14,19-20H,5-12H2/p+2/t14-/m0/s1. The highest BCUT2D eigenvalue weighted by Crippen LogP contribution is 2.15. The molecule has 21 heavy (non-hydrogen) atoms. The van der Waals surface area contributed by atoms with E-state index in [9.17, 15) is 5.11 Å². The summed E-state index contributed by atoms with van der Waals surface area (Å²) in [6.07, 6.45) is -0.463. The van der Waals surface area contributed by atoms with Crippen LogP contribution in [0.2, 0.25) is 5.02 Å². The number of aliphatic hydroxyl groups excluding tert-OH is 2. The summed E-state index contributed by atoms with van der Waals surface area (Å²) in [6.45, 7) is 6.28. The van der Waals surface area contributed by atoms with Gasteiger partial charge in [-0.25, -0.2) is 0 Å². The minimum atomic E-state index is -0.463. The second-order valence-corrected chi connectivity index (χ2v) is 6.03. The Labute approximate surface area is 130 Å². The molecule has 0 aromatic heterocycles. The van der Waals surface area contributed by atoms with E-state index in [1.54, 1.807) is 24.3 Å². The predicted molar refractivity (Wildman–Crippen MR) is 81.2 cm³/mol. The Bertz CT molecular complexity index is 408. The van der Waals surface area contributed by atoms with Crippen molar-refractivity contribution < 1.29 is 24.7 Å². The minimum absolute atomic E-state index is 0.252. The van der Waals surface area contributed by atoms with Crippen molar-refractivity contribution >= 4 is 11.6 Å². The molecule has 118 valence electrons. The van der Waals surface area contributed by atoms with Gasteiger partial charge in [0.15, 0.2) is 0 Å². The lowest BCUT2D eigenvalue weighted by Gasteiger charge is -2.30. The second-order valence-electron chi connectivity index (χ2n) is 5.60. The molecule has 0 saturated carbocycles. The van der Waals surface area contributed by atoms with E-state index in [2.05, 4.69) is 0 Å². The zero-order chi connectivity index (χ0) is 15.1. The van der Waals surface area contributed by atoms with Crippen molar-refractivity contribution in [2.24, 2.45) is 0 Å². The summed E-state index contributed by atoms with van der Waals surface area (Å²) in [5.41, 5.74) is 0. The van der Waals surface area contributed by atoms with Crippen molar-refractivity contribution in [2.45, 2.75) is 6.10 Å². The van der Waals surface area contributed by atoms with Crippen LogP contribution in [0.15, 0.2) is 24.3 Å². The lowest BCUT2D eigenvalue weighted by Crippen LogP contribution is -3.28. The molecule has 1 fully saturated rings. The van der Waals surface area contributed by atoms with E-state index in [4.69, 9.17) is 21.4 Å². The topological polar surface area (TPSA) is 58.6 Å². The normalized spacial score (nSPS) is 23.8. The summed E-state index contributed by atoms with van der Waals surface area (Å²) in [5, 5.41) is 19.7. The van der Waals surface area contributed by atoms with Gasteiger partial charge in [0.25, 0.3) is 0 Å². The van der Waals surface area contributed by atoms with Gasteiger partial charge in [-0.15, -0.1) is 0 Å². The van der Waals surface area contributed by atoms with Gasteiger partial charge in [0.2, 0.25) is 0 Å². The lowest BCUT2D eigenvalue weighted by molar-refractivity contribution is -1.01. The summed E-state index contributed by atoms with van der Waals surface area (Å²) in [5.74, 6) is 0.727. The number of halogens is 1. The molecule has 6 heteroatoms. The molecule has 2 rings (SSSR count). The van der Waals surface area contributed by atoms with Crippen LogP contribution in [-0.2, 0) is 0 Å². The van der Waals surface area contributed by atoms with Gasteiger partial charge in [-0.05, 0) is 24.3 Å². The van der Waals surface area contributed by atoms with Crippen LogP contribution >= 0.6 is 11.6 Å². The molecule has 0 radical (unpaired) electrons. The van der Waals surface area contributed by atoms with Crippen LogP contribution in [0.5, 0.6) is 5.75 Å². The fraction of sp³-hybridized carbons (Fsp3) is 0.600. The largest absolute Gasteiger partial charge is 0.491 e. The maximum absolute atomic E-state index is 10.1. The number of benzene rings is 1. The maximum Gasteiger partial charge on any atom is 0.137 e. The van der Waals surface area contributed by atoms with E-state index < -0.39 is 6.10 Å². The summed E-state index contributed by atoms with van der Waals surface area (Å²) in [4.78, 5) is 2.86. The molecular weight excluding hydrogens is 292 g/mol. The number of hydrogen-bond donors (Lipinski definition) is 4. The molecule has 1 aliphatic heterocycles. The van der Waals surface area contributed by atoms with E-state index in [1.807, 2.05) is 0 Å². The predicted octanol–water partition coefficient (Wildman–Crippen LogP) is -2.14. The smallest absolute Gasteiger partial charge is 0.137 e. The number of hydrogen-bond acceptors (Lipinski definition) is 3. The van der Waals surface area contributed by atoms with Gasteiger partial charge in [0, 0.05) is 5.02 Å². The van der Waals surface area contributed by atoms with Crippen LogP contribution in [0, 0.1) is 0 Å². The first-order valence-electron chi connectivity index (χ1n) is 7.52. The van der Waals surface area contributed by atoms with Crippen molar-refractivity contribution in [1.29, 1.82) is 0 Å². The number of rotatable bonds is 7. The fourth-order valence-electron chi connectivity index (χ4n) is 2.68. The number of aliphatic hydroxyl groups is 2. The Balaban J connectivity index is 1.65. The highest BCUT2D eigenvalue weighted by molar-refractivity contribution is 6.30. The van der Waals surface area contributed by atoms with Crippen LogP contribution in [0.3, 0.4) is 0 Å². The van der Waals surface area contributed by atoms with Gasteiger partial charge in [0.05, 0.1) is 6.61 Å². The van der Waals surface area contributed by atoms with Gasteiger partial charge in [-0.3, -0.25) is 0 Å². The summed E-state index contributed by atoms with van der Waals surface area (Å²) in [6, 6.07) is 7.16. The molecule has 5 nitrogen and oxygen atoms in total. The molecule has 1 atom stereocenters. The molecule has 1 saturated heterocycles. The second kappa shape index (κ2) is 8.56. The molecule has 0 bridgehead atoms. The van der Waals surface area contributed by atoms with E-state index >= 15 is 0 Å². The van der Waals surface area contributed by atoms with Gasteiger partial charge in [0.1, 0.15) is 57.7 Å². The molecule has 0 amide bonds. The van der Waals surface area contributed by atoms with Crippen molar-refractivity contribution in [2.75, 3.05) is 52.5 Å². The first-order chi connectivity index (χ1) is 10.2. The van der Waals surface area contributed by atoms with Crippen LogP contribution in [-0.4, -0.2) is 68.8 Å². The Morgan fingerprint density at radius 2 is 1.71 bits per heavy atom. The number of piperazine rings is 1. The Morgan fingerprint density at radius 1 is 1.10 bits per heavy atom. The number of quaternary nitrogens is 2. The molecular formula is C15H25ClN2O3+2. The highest BCUT2D eigenvalue weighted by atomic mass is 35.5. The first kappa shape index (κ1) is 16.5. The lowest BCUT2D eigenvalue weighted by atomic mass is 10.2. The van der Waals surface area contributed by atoms with E-state index in [0.717, 1.165) is 38.5 Å². The molecule has 1 aromatic carbocycles. The summed E-state index contributed by atoms with van der Waals surface area (Å²) in [7, 11) is 0.